The molecule has 0 aliphatic heterocycles. The number of hydrogen-bond acceptors (Lipinski definition) is 8. The molecule has 0 spiro atoms. The van der Waals surface area contributed by atoms with Gasteiger partial charge in [0.25, 0.3) is 0 Å². The first-order chi connectivity index (χ1) is 9.43. The van der Waals surface area contributed by atoms with Gasteiger partial charge in [-0.3, -0.25) is 4.79 Å². The minimum Gasteiger partial charge on any atom is -0.468 e. The standard InChI is InChI=1S/C12H22N4O2S2/c1-8(2)13-9(10(17)18-5)6-7-19-12-15-14-11(20-12)16(3)4/h8-9,13H,6-7H2,1-5H3. The van der Waals surface area contributed by atoms with Gasteiger partial charge in [-0.05, 0) is 6.42 Å². The summed E-state index contributed by atoms with van der Waals surface area (Å²) in [5.41, 5.74) is 0. The van der Waals surface area contributed by atoms with Crippen LogP contribution in [0.25, 0.3) is 0 Å². The lowest BCUT2D eigenvalue weighted by molar-refractivity contribution is -0.143. The number of methoxy groups -OCH3 is 1. The normalized spacial score (nSPS) is 12.5. The van der Waals surface area contributed by atoms with E-state index in [1.54, 1.807) is 23.1 Å². The third kappa shape index (κ3) is 5.64. The van der Waals surface area contributed by atoms with Gasteiger partial charge in [-0.1, -0.05) is 36.9 Å². The van der Waals surface area contributed by atoms with Gasteiger partial charge in [0.2, 0.25) is 5.13 Å². The molecule has 0 bridgehead atoms. The lowest BCUT2D eigenvalue weighted by Crippen LogP contribution is -2.41. The molecule has 0 radical (unpaired) electrons. The van der Waals surface area contributed by atoms with Crippen molar-refractivity contribution in [1.29, 1.82) is 0 Å². The van der Waals surface area contributed by atoms with Crippen molar-refractivity contribution >= 4 is 34.2 Å². The second kappa shape index (κ2) is 8.43. The molecule has 1 aromatic heterocycles. The first kappa shape index (κ1) is 17.2. The second-order valence-corrected chi connectivity index (χ2v) is 7.08. The number of nitrogens with one attached hydrogen (secondary N) is 1. The lowest BCUT2D eigenvalue weighted by atomic mass is 10.2. The van der Waals surface area contributed by atoms with Crippen molar-refractivity contribution in [3.63, 3.8) is 0 Å². The minimum absolute atomic E-state index is 0.217. The predicted molar refractivity (Wildman–Crippen MR) is 83.7 cm³/mol. The molecule has 0 saturated heterocycles. The van der Waals surface area contributed by atoms with Crippen LogP contribution in [-0.2, 0) is 9.53 Å². The number of thioether (sulfide) groups is 1. The fraction of sp³-hybridized carbons (Fsp3) is 0.750. The van der Waals surface area contributed by atoms with Crippen molar-refractivity contribution in [3.8, 4) is 0 Å². The molecule has 1 rings (SSSR count). The van der Waals surface area contributed by atoms with Gasteiger partial charge >= 0.3 is 5.97 Å². The Morgan fingerprint density at radius 1 is 1.45 bits per heavy atom. The molecule has 8 heteroatoms. The number of nitrogens with zero attached hydrogens (tertiary/aromatic N) is 3. The fourth-order valence-electron chi connectivity index (χ4n) is 1.52. The van der Waals surface area contributed by atoms with Crippen LogP contribution in [0.15, 0.2) is 4.34 Å². The van der Waals surface area contributed by atoms with Crippen LogP contribution >= 0.6 is 23.1 Å². The Morgan fingerprint density at radius 2 is 2.15 bits per heavy atom. The highest BCUT2D eigenvalue weighted by Gasteiger charge is 2.19. The maximum atomic E-state index is 11.7. The van der Waals surface area contributed by atoms with Crippen LogP contribution < -0.4 is 10.2 Å². The number of hydrogen-bond donors (Lipinski definition) is 1. The first-order valence-electron chi connectivity index (χ1n) is 6.41. The molecule has 0 aromatic carbocycles. The summed E-state index contributed by atoms with van der Waals surface area (Å²) in [6, 6.07) is -0.0280. The number of carbonyl (C=O) groups is 1. The zero-order valence-electron chi connectivity index (χ0n) is 12.5. The molecule has 0 amide bonds. The van der Waals surface area contributed by atoms with Crippen molar-refractivity contribution < 1.29 is 9.53 Å². The summed E-state index contributed by atoms with van der Waals surface area (Å²) in [5, 5.41) is 12.3. The Labute approximate surface area is 128 Å². The van der Waals surface area contributed by atoms with Crippen molar-refractivity contribution in [3.05, 3.63) is 0 Å². The molecule has 1 unspecified atom stereocenters. The summed E-state index contributed by atoms with van der Waals surface area (Å²) < 4.78 is 5.73. The van der Waals surface area contributed by atoms with E-state index in [2.05, 4.69) is 15.5 Å². The Bertz CT molecular complexity index is 423. The maximum Gasteiger partial charge on any atom is 0.322 e. The zero-order chi connectivity index (χ0) is 15.1. The van der Waals surface area contributed by atoms with Crippen LogP contribution in [0.1, 0.15) is 20.3 Å². The minimum atomic E-state index is -0.270. The molecule has 1 aromatic rings. The molecule has 0 saturated carbocycles. The maximum absolute atomic E-state index is 11.7. The summed E-state index contributed by atoms with van der Waals surface area (Å²) in [6.07, 6.45) is 0.701. The van der Waals surface area contributed by atoms with Crippen molar-refractivity contribution in [2.45, 2.75) is 36.7 Å². The fourth-order valence-corrected chi connectivity index (χ4v) is 3.36. The topological polar surface area (TPSA) is 67.3 Å². The van der Waals surface area contributed by atoms with Crippen LogP contribution in [-0.4, -0.2) is 55.2 Å². The smallest absolute Gasteiger partial charge is 0.322 e. The Kier molecular flexibility index (Phi) is 7.25. The van der Waals surface area contributed by atoms with Crippen molar-refractivity contribution in [1.82, 2.24) is 15.5 Å². The van der Waals surface area contributed by atoms with E-state index in [1.807, 2.05) is 32.8 Å². The first-order valence-corrected chi connectivity index (χ1v) is 8.21. The number of aromatic nitrogens is 2. The summed E-state index contributed by atoms with van der Waals surface area (Å²) in [7, 11) is 5.29. The third-order valence-electron chi connectivity index (χ3n) is 2.43. The molecule has 0 aliphatic rings. The van der Waals surface area contributed by atoms with E-state index in [0.29, 0.717) is 6.42 Å². The molecular formula is C12H22N4O2S2. The highest BCUT2D eigenvalue weighted by Crippen LogP contribution is 2.27. The molecule has 20 heavy (non-hydrogen) atoms. The van der Waals surface area contributed by atoms with Gasteiger partial charge in [-0.25, -0.2) is 0 Å². The van der Waals surface area contributed by atoms with Gasteiger partial charge in [0, 0.05) is 25.9 Å². The number of carbonyl (C=O) groups excluding carboxylic acids is 1. The molecule has 6 nitrogen and oxygen atoms in total. The van der Waals surface area contributed by atoms with Gasteiger partial charge in [0.15, 0.2) is 4.34 Å². The average Bonchev–Trinajstić information content (AvgIpc) is 2.85. The monoisotopic (exact) mass is 318 g/mol. The summed E-state index contributed by atoms with van der Waals surface area (Å²) in [6.45, 7) is 4.02. The van der Waals surface area contributed by atoms with E-state index >= 15 is 0 Å². The van der Waals surface area contributed by atoms with Gasteiger partial charge in [0.1, 0.15) is 6.04 Å². The highest BCUT2D eigenvalue weighted by molar-refractivity contribution is 8.01. The van der Waals surface area contributed by atoms with Crippen LogP contribution in [0.5, 0.6) is 0 Å². The number of rotatable bonds is 8. The molecular weight excluding hydrogens is 296 g/mol. The number of ether oxygens (including phenoxy) is 1. The third-order valence-corrected chi connectivity index (χ3v) is 4.69. The lowest BCUT2D eigenvalue weighted by Gasteiger charge is -2.18. The molecule has 1 heterocycles. The van der Waals surface area contributed by atoms with Gasteiger partial charge in [0.05, 0.1) is 7.11 Å². The Morgan fingerprint density at radius 3 is 2.65 bits per heavy atom. The molecule has 0 aliphatic carbocycles. The van der Waals surface area contributed by atoms with Gasteiger partial charge in [-0.15, -0.1) is 10.2 Å². The second-order valence-electron chi connectivity index (χ2n) is 4.78. The van der Waals surface area contributed by atoms with E-state index in [-0.39, 0.29) is 18.1 Å². The predicted octanol–water partition coefficient (Wildman–Crippen LogP) is 1.63. The number of esters is 1. The van der Waals surface area contributed by atoms with Crippen LogP contribution in [0, 0.1) is 0 Å². The van der Waals surface area contributed by atoms with E-state index in [0.717, 1.165) is 15.2 Å². The van der Waals surface area contributed by atoms with Gasteiger partial charge < -0.3 is 15.0 Å². The Balaban J connectivity index is 2.44. The highest BCUT2D eigenvalue weighted by atomic mass is 32.2. The van der Waals surface area contributed by atoms with E-state index in [1.165, 1.54) is 7.11 Å². The van der Waals surface area contributed by atoms with Gasteiger partial charge in [-0.2, -0.15) is 0 Å². The quantitative estimate of drug-likeness (QED) is 0.577. The Hall–Kier alpha value is -0.860. The van der Waals surface area contributed by atoms with Crippen LogP contribution in [0.4, 0.5) is 5.13 Å². The van der Waals surface area contributed by atoms with E-state index in [4.69, 9.17) is 4.74 Å². The van der Waals surface area contributed by atoms with Crippen molar-refractivity contribution in [2.75, 3.05) is 31.9 Å². The SMILES string of the molecule is COC(=O)C(CCSc1nnc(N(C)C)s1)NC(C)C. The molecule has 1 atom stereocenters. The molecule has 0 fully saturated rings. The molecule has 1 N–H and O–H groups in total. The van der Waals surface area contributed by atoms with Crippen molar-refractivity contribution in [2.24, 2.45) is 0 Å². The van der Waals surface area contributed by atoms with Crippen LogP contribution in [0.3, 0.4) is 0 Å². The summed E-state index contributed by atoms with van der Waals surface area (Å²) >= 11 is 3.16. The van der Waals surface area contributed by atoms with E-state index < -0.39 is 0 Å². The largest absolute Gasteiger partial charge is 0.468 e. The summed E-state index contributed by atoms with van der Waals surface area (Å²) in [5.74, 6) is 0.576. The van der Waals surface area contributed by atoms with E-state index in [9.17, 15) is 4.79 Å². The zero-order valence-corrected chi connectivity index (χ0v) is 14.2. The average molecular weight is 318 g/mol. The molecule has 114 valence electrons. The van der Waals surface area contributed by atoms with Crippen LogP contribution in [0.2, 0.25) is 0 Å². The number of anilines is 1. The summed E-state index contributed by atoms with van der Waals surface area (Å²) in [4.78, 5) is 13.6.